The fourth-order valence-electron chi connectivity index (χ4n) is 3.20. The highest BCUT2D eigenvalue weighted by atomic mass is 14.9. The van der Waals surface area contributed by atoms with Crippen molar-refractivity contribution in [3.63, 3.8) is 0 Å². The van der Waals surface area contributed by atoms with Crippen molar-refractivity contribution in [3.05, 3.63) is 35.9 Å². The third kappa shape index (κ3) is 3.10. The van der Waals surface area contributed by atoms with E-state index >= 15 is 0 Å². The van der Waals surface area contributed by atoms with E-state index in [1.54, 1.807) is 0 Å². The topological polar surface area (TPSA) is 12.0 Å². The van der Waals surface area contributed by atoms with E-state index in [0.717, 1.165) is 17.9 Å². The lowest BCUT2D eigenvalue weighted by atomic mass is 9.80. The molecular weight excluding hydrogens is 206 g/mol. The Morgan fingerprint density at radius 3 is 2.53 bits per heavy atom. The van der Waals surface area contributed by atoms with Gasteiger partial charge >= 0.3 is 0 Å². The monoisotopic (exact) mass is 231 g/mol. The number of hydrogen-bond donors (Lipinski definition) is 1. The molecule has 0 saturated carbocycles. The van der Waals surface area contributed by atoms with E-state index in [9.17, 15) is 0 Å². The van der Waals surface area contributed by atoms with Crippen LogP contribution >= 0.6 is 0 Å². The van der Waals surface area contributed by atoms with Gasteiger partial charge in [-0.05, 0) is 36.8 Å². The molecule has 1 fully saturated rings. The second-order valence-electron chi connectivity index (χ2n) is 5.27. The van der Waals surface area contributed by atoms with Crippen LogP contribution in [0.4, 0.5) is 0 Å². The second kappa shape index (κ2) is 6.20. The number of rotatable bonds is 4. The first-order valence-electron chi connectivity index (χ1n) is 7.13. The lowest BCUT2D eigenvalue weighted by Crippen LogP contribution is -2.42. The zero-order valence-corrected chi connectivity index (χ0v) is 11.2. The molecule has 1 heteroatoms. The summed E-state index contributed by atoms with van der Waals surface area (Å²) >= 11 is 0. The molecule has 1 nitrogen and oxygen atoms in total. The molecule has 1 saturated heterocycles. The van der Waals surface area contributed by atoms with E-state index < -0.39 is 0 Å². The van der Waals surface area contributed by atoms with E-state index in [1.807, 2.05) is 0 Å². The number of benzene rings is 1. The Labute approximate surface area is 106 Å². The fourth-order valence-corrected chi connectivity index (χ4v) is 3.20. The lowest BCUT2D eigenvalue weighted by molar-refractivity contribution is 0.261. The normalized spacial score (nSPS) is 25.1. The predicted molar refractivity (Wildman–Crippen MR) is 74.3 cm³/mol. The number of hydrogen-bond acceptors (Lipinski definition) is 1. The van der Waals surface area contributed by atoms with Crippen LogP contribution in [0.1, 0.15) is 51.0 Å². The molecular formula is C16H25N. The van der Waals surface area contributed by atoms with Gasteiger partial charge in [-0.1, -0.05) is 57.0 Å². The smallest absolute Gasteiger partial charge is 0.0101 e. The van der Waals surface area contributed by atoms with Gasteiger partial charge in [-0.25, -0.2) is 0 Å². The van der Waals surface area contributed by atoms with Crippen LogP contribution in [-0.4, -0.2) is 12.6 Å². The molecule has 0 unspecified atom stereocenters. The summed E-state index contributed by atoms with van der Waals surface area (Å²) in [6.45, 7) is 5.82. The van der Waals surface area contributed by atoms with Gasteiger partial charge in [0, 0.05) is 6.04 Å². The molecule has 0 aromatic heterocycles. The van der Waals surface area contributed by atoms with Crippen LogP contribution in [0, 0.1) is 5.92 Å². The van der Waals surface area contributed by atoms with Gasteiger partial charge in [-0.15, -0.1) is 0 Å². The molecule has 0 spiro atoms. The minimum absolute atomic E-state index is 0.726. The summed E-state index contributed by atoms with van der Waals surface area (Å²) in [6.07, 6.45) is 5.21. The molecule has 1 N–H and O–H groups in total. The van der Waals surface area contributed by atoms with Crippen LogP contribution in [0.5, 0.6) is 0 Å². The maximum absolute atomic E-state index is 3.72. The second-order valence-corrected chi connectivity index (χ2v) is 5.27. The standard InChI is InChI=1S/C16H25N/c1-3-13(4-2)16-12-15(10-11-17-16)14-8-6-5-7-9-14/h5-9,13,15-17H,3-4,10-12H2,1-2H3/t15-,16+/m1/s1. The highest BCUT2D eigenvalue weighted by Gasteiger charge is 2.26. The summed E-state index contributed by atoms with van der Waals surface area (Å²) in [7, 11) is 0. The highest BCUT2D eigenvalue weighted by Crippen LogP contribution is 2.31. The van der Waals surface area contributed by atoms with Crippen molar-refractivity contribution < 1.29 is 0 Å². The Bertz CT molecular complexity index is 316. The van der Waals surface area contributed by atoms with Crippen molar-refractivity contribution in [1.29, 1.82) is 0 Å². The molecule has 94 valence electrons. The van der Waals surface area contributed by atoms with Crippen molar-refractivity contribution in [2.45, 2.75) is 51.5 Å². The van der Waals surface area contributed by atoms with Gasteiger partial charge in [0.15, 0.2) is 0 Å². The molecule has 1 aromatic rings. The molecule has 1 aliphatic heterocycles. The molecule has 0 aliphatic carbocycles. The Balaban J connectivity index is 2.02. The molecule has 1 aliphatic rings. The van der Waals surface area contributed by atoms with Crippen molar-refractivity contribution in [2.24, 2.45) is 5.92 Å². The Kier molecular flexibility index (Phi) is 4.61. The van der Waals surface area contributed by atoms with E-state index in [1.165, 1.54) is 37.8 Å². The quantitative estimate of drug-likeness (QED) is 0.827. The van der Waals surface area contributed by atoms with Crippen LogP contribution in [0.3, 0.4) is 0 Å². The van der Waals surface area contributed by atoms with Crippen LogP contribution in [0.15, 0.2) is 30.3 Å². The van der Waals surface area contributed by atoms with Crippen LogP contribution < -0.4 is 5.32 Å². The molecule has 1 heterocycles. The van der Waals surface area contributed by atoms with Crippen molar-refractivity contribution in [1.82, 2.24) is 5.32 Å². The van der Waals surface area contributed by atoms with Crippen LogP contribution in [-0.2, 0) is 0 Å². The van der Waals surface area contributed by atoms with Crippen molar-refractivity contribution in [3.8, 4) is 0 Å². The van der Waals surface area contributed by atoms with Gasteiger partial charge in [0.05, 0.1) is 0 Å². The van der Waals surface area contributed by atoms with E-state index in [0.29, 0.717) is 0 Å². The average molecular weight is 231 g/mol. The summed E-state index contributed by atoms with van der Waals surface area (Å²) < 4.78 is 0. The molecule has 0 radical (unpaired) electrons. The van der Waals surface area contributed by atoms with Crippen LogP contribution in [0.25, 0.3) is 0 Å². The molecule has 1 aromatic carbocycles. The number of piperidine rings is 1. The maximum atomic E-state index is 3.72. The fraction of sp³-hybridized carbons (Fsp3) is 0.625. The Hall–Kier alpha value is -0.820. The summed E-state index contributed by atoms with van der Waals surface area (Å²) in [5.74, 6) is 1.62. The van der Waals surface area contributed by atoms with Gasteiger partial charge in [-0.3, -0.25) is 0 Å². The SMILES string of the molecule is CCC(CC)[C@@H]1C[C@H](c2ccccc2)CCN1. The van der Waals surface area contributed by atoms with Gasteiger partial charge in [-0.2, -0.15) is 0 Å². The van der Waals surface area contributed by atoms with Gasteiger partial charge < -0.3 is 5.32 Å². The van der Waals surface area contributed by atoms with E-state index in [4.69, 9.17) is 0 Å². The third-order valence-electron chi connectivity index (χ3n) is 4.33. The lowest BCUT2D eigenvalue weighted by Gasteiger charge is -2.35. The van der Waals surface area contributed by atoms with Crippen LogP contribution in [0.2, 0.25) is 0 Å². The molecule has 2 atom stereocenters. The summed E-state index contributed by atoms with van der Waals surface area (Å²) in [5.41, 5.74) is 1.53. The molecule has 0 amide bonds. The zero-order valence-electron chi connectivity index (χ0n) is 11.2. The van der Waals surface area contributed by atoms with E-state index in [2.05, 4.69) is 49.5 Å². The first-order chi connectivity index (χ1) is 8.35. The summed E-state index contributed by atoms with van der Waals surface area (Å²) in [6, 6.07) is 11.8. The van der Waals surface area contributed by atoms with E-state index in [-0.39, 0.29) is 0 Å². The number of nitrogens with one attached hydrogen (secondary N) is 1. The molecule has 17 heavy (non-hydrogen) atoms. The highest BCUT2D eigenvalue weighted by molar-refractivity contribution is 5.20. The van der Waals surface area contributed by atoms with Gasteiger partial charge in [0.25, 0.3) is 0 Å². The maximum Gasteiger partial charge on any atom is 0.0101 e. The third-order valence-corrected chi connectivity index (χ3v) is 4.33. The molecule has 0 bridgehead atoms. The first kappa shape index (κ1) is 12.6. The first-order valence-corrected chi connectivity index (χ1v) is 7.13. The van der Waals surface area contributed by atoms with Crippen molar-refractivity contribution in [2.75, 3.05) is 6.54 Å². The largest absolute Gasteiger partial charge is 0.314 e. The van der Waals surface area contributed by atoms with Gasteiger partial charge in [0.2, 0.25) is 0 Å². The zero-order chi connectivity index (χ0) is 12.1. The summed E-state index contributed by atoms with van der Waals surface area (Å²) in [5, 5.41) is 3.72. The van der Waals surface area contributed by atoms with Gasteiger partial charge in [0.1, 0.15) is 0 Å². The average Bonchev–Trinajstić information content (AvgIpc) is 2.42. The minimum Gasteiger partial charge on any atom is -0.314 e. The Morgan fingerprint density at radius 1 is 1.18 bits per heavy atom. The minimum atomic E-state index is 0.726. The Morgan fingerprint density at radius 2 is 1.88 bits per heavy atom. The molecule has 2 rings (SSSR count). The predicted octanol–water partition coefficient (Wildman–Crippen LogP) is 3.96. The summed E-state index contributed by atoms with van der Waals surface area (Å²) in [4.78, 5) is 0. The van der Waals surface area contributed by atoms with Crippen molar-refractivity contribution >= 4 is 0 Å².